The first-order valence-corrected chi connectivity index (χ1v) is 10.3. The number of carbonyl (C=O) groups is 2. The van der Waals surface area contributed by atoms with Gasteiger partial charge in [0.15, 0.2) is 0 Å². The first kappa shape index (κ1) is 21.5. The van der Waals surface area contributed by atoms with E-state index in [4.69, 9.17) is 14.2 Å². The Hall–Kier alpha value is -3.16. The lowest BCUT2D eigenvalue weighted by atomic mass is 10.0. The van der Waals surface area contributed by atoms with Crippen LogP contribution in [-0.4, -0.2) is 32.7 Å². The highest BCUT2D eigenvalue weighted by atomic mass is 32.1. The van der Waals surface area contributed by atoms with Gasteiger partial charge in [0.25, 0.3) is 5.91 Å². The number of hydrogen-bond donors (Lipinski definition) is 1. The van der Waals surface area contributed by atoms with Crippen LogP contribution in [0.4, 0.5) is 5.00 Å². The number of anilines is 1. The predicted molar refractivity (Wildman–Crippen MR) is 117 cm³/mol. The minimum absolute atomic E-state index is 0.241. The summed E-state index contributed by atoms with van der Waals surface area (Å²) in [6.45, 7) is 2.47. The molecule has 3 rings (SSSR count). The Morgan fingerprint density at radius 2 is 1.70 bits per heavy atom. The normalized spacial score (nSPS) is 10.5. The molecule has 30 heavy (non-hydrogen) atoms. The van der Waals surface area contributed by atoms with Crippen molar-refractivity contribution in [1.29, 1.82) is 0 Å². The largest absolute Gasteiger partial charge is 0.497 e. The second kappa shape index (κ2) is 10.0. The van der Waals surface area contributed by atoms with Crippen molar-refractivity contribution in [2.24, 2.45) is 0 Å². The highest BCUT2D eigenvalue weighted by Crippen LogP contribution is 2.37. The summed E-state index contributed by atoms with van der Waals surface area (Å²) in [5.74, 6) is -0.0555. The van der Waals surface area contributed by atoms with Crippen molar-refractivity contribution in [2.75, 3.05) is 26.1 Å². The molecule has 1 aromatic heterocycles. The van der Waals surface area contributed by atoms with E-state index in [0.717, 1.165) is 16.9 Å². The number of rotatable bonds is 8. The van der Waals surface area contributed by atoms with Crippen LogP contribution in [0, 0.1) is 0 Å². The topological polar surface area (TPSA) is 73.9 Å². The third-order valence-corrected chi connectivity index (χ3v) is 5.32. The smallest absolute Gasteiger partial charge is 0.341 e. The van der Waals surface area contributed by atoms with Crippen LogP contribution in [-0.2, 0) is 16.1 Å². The zero-order valence-corrected chi connectivity index (χ0v) is 17.9. The van der Waals surface area contributed by atoms with Gasteiger partial charge < -0.3 is 19.5 Å². The number of hydrogen-bond acceptors (Lipinski definition) is 6. The van der Waals surface area contributed by atoms with Crippen LogP contribution >= 0.6 is 11.3 Å². The van der Waals surface area contributed by atoms with E-state index < -0.39 is 5.97 Å². The number of carbonyl (C=O) groups excluding carboxylic acids is 2. The maximum absolute atomic E-state index is 12.7. The van der Waals surface area contributed by atoms with Crippen LogP contribution in [0.5, 0.6) is 5.75 Å². The molecule has 0 aliphatic carbocycles. The van der Waals surface area contributed by atoms with Gasteiger partial charge in [0.2, 0.25) is 0 Å². The first-order valence-electron chi connectivity index (χ1n) is 9.39. The van der Waals surface area contributed by atoms with Crippen LogP contribution in [0.3, 0.4) is 0 Å². The molecule has 0 radical (unpaired) electrons. The Bertz CT molecular complexity index is 1010. The van der Waals surface area contributed by atoms with Crippen LogP contribution < -0.4 is 10.1 Å². The van der Waals surface area contributed by atoms with E-state index in [9.17, 15) is 9.59 Å². The fraction of sp³-hybridized carbons (Fsp3) is 0.217. The monoisotopic (exact) mass is 425 g/mol. The molecule has 7 heteroatoms. The van der Waals surface area contributed by atoms with E-state index in [1.165, 1.54) is 11.3 Å². The summed E-state index contributed by atoms with van der Waals surface area (Å²) in [6, 6.07) is 14.5. The van der Waals surface area contributed by atoms with E-state index in [-0.39, 0.29) is 12.5 Å². The Kier molecular flexibility index (Phi) is 7.21. The molecule has 1 heterocycles. The highest BCUT2D eigenvalue weighted by Gasteiger charge is 2.23. The summed E-state index contributed by atoms with van der Waals surface area (Å²) in [7, 11) is 3.22. The van der Waals surface area contributed by atoms with Gasteiger partial charge in [0, 0.05) is 23.6 Å². The lowest BCUT2D eigenvalue weighted by Crippen LogP contribution is -2.14. The molecular weight excluding hydrogens is 402 g/mol. The van der Waals surface area contributed by atoms with E-state index >= 15 is 0 Å². The molecule has 0 aliphatic heterocycles. The molecule has 0 unspecified atom stereocenters. The van der Waals surface area contributed by atoms with Gasteiger partial charge in [-0.05, 0) is 42.3 Å². The first-order chi connectivity index (χ1) is 14.6. The summed E-state index contributed by atoms with van der Waals surface area (Å²) in [6.07, 6.45) is 0. The second-order valence-corrected chi connectivity index (χ2v) is 7.27. The summed E-state index contributed by atoms with van der Waals surface area (Å²) >= 11 is 1.29. The zero-order valence-electron chi connectivity index (χ0n) is 17.1. The summed E-state index contributed by atoms with van der Waals surface area (Å²) in [5, 5.41) is 5.14. The number of thiophene rings is 1. The molecule has 0 spiro atoms. The van der Waals surface area contributed by atoms with Crippen LogP contribution in [0.1, 0.15) is 33.2 Å². The molecular formula is C23H23NO5S. The summed E-state index contributed by atoms with van der Waals surface area (Å²) in [4.78, 5) is 25.4. The predicted octanol–water partition coefficient (Wildman–Crippen LogP) is 5.00. The average molecular weight is 426 g/mol. The fourth-order valence-corrected chi connectivity index (χ4v) is 3.89. The molecule has 0 atom stereocenters. The van der Waals surface area contributed by atoms with E-state index in [1.54, 1.807) is 33.3 Å². The van der Waals surface area contributed by atoms with Gasteiger partial charge in [0.1, 0.15) is 16.3 Å². The Labute approximate surface area is 179 Å². The highest BCUT2D eigenvalue weighted by molar-refractivity contribution is 7.15. The van der Waals surface area contributed by atoms with E-state index in [1.807, 2.05) is 41.8 Å². The lowest BCUT2D eigenvalue weighted by molar-refractivity contribution is 0.0529. The Morgan fingerprint density at radius 1 is 1.00 bits per heavy atom. The Balaban J connectivity index is 1.90. The fourth-order valence-electron chi connectivity index (χ4n) is 2.93. The van der Waals surface area contributed by atoms with Gasteiger partial charge in [-0.1, -0.05) is 24.3 Å². The quantitative estimate of drug-likeness (QED) is 0.514. The standard InChI is InChI=1S/C23H23NO5S/c1-4-29-23(26)20-19(16-9-11-18(28-3)12-10-16)14-30-22(20)24-21(25)17-7-5-15(6-8-17)13-27-2/h5-12,14H,4,13H2,1-3H3,(H,24,25). The number of benzene rings is 2. The minimum Gasteiger partial charge on any atom is -0.497 e. The molecule has 6 nitrogen and oxygen atoms in total. The van der Waals surface area contributed by atoms with Crippen LogP contribution in [0.25, 0.3) is 11.1 Å². The van der Waals surface area contributed by atoms with Gasteiger partial charge in [-0.15, -0.1) is 11.3 Å². The molecule has 0 fully saturated rings. The maximum Gasteiger partial charge on any atom is 0.341 e. The molecule has 3 aromatic rings. The van der Waals surface area contributed by atoms with E-state index in [0.29, 0.717) is 28.3 Å². The molecule has 0 saturated carbocycles. The third kappa shape index (κ3) is 4.87. The third-order valence-electron chi connectivity index (χ3n) is 4.43. The zero-order chi connectivity index (χ0) is 21.5. The van der Waals surface area contributed by atoms with Gasteiger partial charge in [-0.25, -0.2) is 4.79 Å². The van der Waals surface area contributed by atoms with Crippen molar-refractivity contribution in [1.82, 2.24) is 0 Å². The van der Waals surface area contributed by atoms with Gasteiger partial charge >= 0.3 is 5.97 Å². The van der Waals surface area contributed by atoms with Crippen molar-refractivity contribution in [3.05, 3.63) is 70.6 Å². The molecule has 1 amide bonds. The van der Waals surface area contributed by atoms with Crippen molar-refractivity contribution < 1.29 is 23.8 Å². The maximum atomic E-state index is 12.7. The van der Waals surface area contributed by atoms with E-state index in [2.05, 4.69) is 5.32 Å². The van der Waals surface area contributed by atoms with Crippen molar-refractivity contribution >= 4 is 28.2 Å². The number of esters is 1. The minimum atomic E-state index is -0.477. The van der Waals surface area contributed by atoms with Gasteiger partial charge in [-0.3, -0.25) is 4.79 Å². The van der Waals surface area contributed by atoms with Crippen LogP contribution in [0.2, 0.25) is 0 Å². The van der Waals surface area contributed by atoms with Crippen LogP contribution in [0.15, 0.2) is 53.9 Å². The number of ether oxygens (including phenoxy) is 3. The average Bonchev–Trinajstić information content (AvgIpc) is 3.18. The molecule has 2 aromatic carbocycles. The summed E-state index contributed by atoms with van der Waals surface area (Å²) < 4.78 is 15.5. The molecule has 0 bridgehead atoms. The van der Waals surface area contributed by atoms with Gasteiger partial charge in [-0.2, -0.15) is 0 Å². The number of methoxy groups -OCH3 is 2. The molecule has 156 valence electrons. The van der Waals surface area contributed by atoms with Crippen molar-refractivity contribution in [3.63, 3.8) is 0 Å². The second-order valence-electron chi connectivity index (χ2n) is 6.39. The molecule has 0 aliphatic rings. The number of nitrogens with one attached hydrogen (secondary N) is 1. The molecule has 0 saturated heterocycles. The Morgan fingerprint density at radius 3 is 2.30 bits per heavy atom. The number of amides is 1. The van der Waals surface area contributed by atoms with Crippen molar-refractivity contribution in [3.8, 4) is 16.9 Å². The lowest BCUT2D eigenvalue weighted by Gasteiger charge is -2.09. The SMILES string of the molecule is CCOC(=O)c1c(-c2ccc(OC)cc2)csc1NC(=O)c1ccc(COC)cc1. The van der Waals surface area contributed by atoms with Gasteiger partial charge in [0.05, 0.1) is 20.3 Å². The van der Waals surface area contributed by atoms with Crippen molar-refractivity contribution in [2.45, 2.75) is 13.5 Å². The summed E-state index contributed by atoms with van der Waals surface area (Å²) in [5.41, 5.74) is 3.34. The molecule has 1 N–H and O–H groups in total.